The zero-order valence-corrected chi connectivity index (χ0v) is 25.4. The SMILES string of the molecule is CCC(C)NC(=O)C(CC)N(Cc1ccccc1Cl)C(=O)CN(c1cccc(Cl)c1C)S(=O)(=O)c1ccccc1. The second-order valence-electron chi connectivity index (χ2n) is 9.56. The van der Waals surface area contributed by atoms with E-state index in [2.05, 4.69) is 5.32 Å². The van der Waals surface area contributed by atoms with Crippen molar-refractivity contribution in [3.8, 4) is 0 Å². The van der Waals surface area contributed by atoms with Crippen molar-refractivity contribution < 1.29 is 18.0 Å². The molecule has 0 aliphatic heterocycles. The fourth-order valence-corrected chi connectivity index (χ4v) is 6.13. The third-order valence-corrected chi connectivity index (χ3v) is 9.36. The van der Waals surface area contributed by atoms with Crippen molar-refractivity contribution >= 4 is 50.7 Å². The van der Waals surface area contributed by atoms with Crippen LogP contribution in [0.4, 0.5) is 5.69 Å². The standard InChI is InChI=1S/C30H35Cl2N3O4S/c1-5-21(3)33-30(37)27(6-2)34(19-23-13-10-11-16-26(23)32)29(36)20-35(28-18-12-17-25(31)22(28)4)40(38,39)24-14-8-7-9-15-24/h7-18,21,27H,5-6,19-20H2,1-4H3,(H,33,37). The van der Waals surface area contributed by atoms with Gasteiger partial charge < -0.3 is 10.2 Å². The minimum absolute atomic E-state index is 0.0265. The largest absolute Gasteiger partial charge is 0.352 e. The van der Waals surface area contributed by atoms with Crippen LogP contribution in [0.3, 0.4) is 0 Å². The molecule has 2 atom stereocenters. The normalized spacial score (nSPS) is 12.8. The molecular formula is C30H35Cl2N3O4S. The first-order chi connectivity index (χ1) is 19.0. The van der Waals surface area contributed by atoms with Gasteiger partial charge in [0.1, 0.15) is 12.6 Å². The molecule has 0 aliphatic rings. The molecule has 0 fully saturated rings. The van der Waals surface area contributed by atoms with Gasteiger partial charge in [-0.1, -0.05) is 79.5 Å². The van der Waals surface area contributed by atoms with E-state index in [1.54, 1.807) is 67.6 Å². The lowest BCUT2D eigenvalue weighted by Gasteiger charge is -2.34. The van der Waals surface area contributed by atoms with E-state index >= 15 is 0 Å². The highest BCUT2D eigenvalue weighted by Crippen LogP contribution is 2.31. The van der Waals surface area contributed by atoms with Crippen LogP contribution < -0.4 is 9.62 Å². The fourth-order valence-electron chi connectivity index (χ4n) is 4.27. The van der Waals surface area contributed by atoms with E-state index in [1.807, 2.05) is 20.8 Å². The Kier molecular flexibility index (Phi) is 11.0. The Balaban J connectivity index is 2.10. The molecule has 2 unspecified atom stereocenters. The van der Waals surface area contributed by atoms with Crippen LogP contribution in [0.2, 0.25) is 10.0 Å². The average Bonchev–Trinajstić information content (AvgIpc) is 2.94. The fraction of sp³-hybridized carbons (Fsp3) is 0.333. The molecule has 0 radical (unpaired) electrons. The Morgan fingerprint density at radius 1 is 0.875 bits per heavy atom. The van der Waals surface area contributed by atoms with Crippen LogP contribution in [0.5, 0.6) is 0 Å². The summed E-state index contributed by atoms with van der Waals surface area (Å²) in [5.41, 5.74) is 1.43. The van der Waals surface area contributed by atoms with E-state index in [-0.39, 0.29) is 29.1 Å². The summed E-state index contributed by atoms with van der Waals surface area (Å²) < 4.78 is 28.9. The van der Waals surface area contributed by atoms with Gasteiger partial charge in [0.15, 0.2) is 0 Å². The van der Waals surface area contributed by atoms with Gasteiger partial charge in [0.05, 0.1) is 10.6 Å². The lowest BCUT2D eigenvalue weighted by Crippen LogP contribution is -2.53. The predicted molar refractivity (Wildman–Crippen MR) is 161 cm³/mol. The van der Waals surface area contributed by atoms with E-state index in [0.717, 1.165) is 10.7 Å². The average molecular weight is 605 g/mol. The zero-order valence-electron chi connectivity index (χ0n) is 23.1. The van der Waals surface area contributed by atoms with Crippen LogP contribution >= 0.6 is 23.2 Å². The van der Waals surface area contributed by atoms with Gasteiger partial charge in [-0.05, 0) is 68.1 Å². The van der Waals surface area contributed by atoms with Gasteiger partial charge in [-0.3, -0.25) is 13.9 Å². The van der Waals surface area contributed by atoms with E-state index < -0.39 is 28.5 Å². The number of amides is 2. The maximum atomic E-state index is 14.1. The summed E-state index contributed by atoms with van der Waals surface area (Å²) in [5.74, 6) is -0.862. The molecule has 0 saturated carbocycles. The summed E-state index contributed by atoms with van der Waals surface area (Å²) in [7, 11) is -4.18. The van der Waals surface area contributed by atoms with E-state index in [0.29, 0.717) is 27.6 Å². The number of carbonyl (C=O) groups is 2. The monoisotopic (exact) mass is 603 g/mol. The highest BCUT2D eigenvalue weighted by Gasteiger charge is 2.34. The number of anilines is 1. The molecule has 0 bridgehead atoms. The van der Waals surface area contributed by atoms with Gasteiger partial charge in [0, 0.05) is 22.6 Å². The summed E-state index contributed by atoms with van der Waals surface area (Å²) in [6.07, 6.45) is 1.04. The van der Waals surface area contributed by atoms with Gasteiger partial charge in [0.2, 0.25) is 11.8 Å². The van der Waals surface area contributed by atoms with Gasteiger partial charge in [-0.15, -0.1) is 0 Å². The number of benzene rings is 3. The molecule has 0 heterocycles. The number of sulfonamides is 1. The number of nitrogens with zero attached hydrogens (tertiary/aromatic N) is 2. The van der Waals surface area contributed by atoms with Gasteiger partial charge >= 0.3 is 0 Å². The summed E-state index contributed by atoms with van der Waals surface area (Å²) in [4.78, 5) is 28.9. The molecule has 214 valence electrons. The summed E-state index contributed by atoms with van der Waals surface area (Å²) in [6, 6.07) is 18.9. The van der Waals surface area contributed by atoms with Crippen molar-refractivity contribution in [1.82, 2.24) is 10.2 Å². The van der Waals surface area contributed by atoms with Crippen LogP contribution in [0.1, 0.15) is 44.7 Å². The molecule has 10 heteroatoms. The molecule has 0 aromatic heterocycles. The number of rotatable bonds is 12. The minimum atomic E-state index is -4.18. The van der Waals surface area contributed by atoms with Crippen LogP contribution in [0.15, 0.2) is 77.7 Å². The Morgan fingerprint density at radius 3 is 2.12 bits per heavy atom. The van der Waals surface area contributed by atoms with Crippen molar-refractivity contribution in [2.75, 3.05) is 10.8 Å². The number of hydrogen-bond acceptors (Lipinski definition) is 4. The maximum absolute atomic E-state index is 14.1. The Hall–Kier alpha value is -3.07. The molecule has 1 N–H and O–H groups in total. The van der Waals surface area contributed by atoms with Gasteiger partial charge in [-0.2, -0.15) is 0 Å². The van der Waals surface area contributed by atoms with Crippen molar-refractivity contribution in [1.29, 1.82) is 0 Å². The van der Waals surface area contributed by atoms with Crippen molar-refractivity contribution in [3.05, 3.63) is 94.0 Å². The Morgan fingerprint density at radius 2 is 1.50 bits per heavy atom. The van der Waals surface area contributed by atoms with Crippen LogP contribution in [-0.2, 0) is 26.2 Å². The minimum Gasteiger partial charge on any atom is -0.352 e. The molecule has 2 amide bonds. The summed E-state index contributed by atoms with van der Waals surface area (Å²) in [6.45, 7) is 6.84. The van der Waals surface area contributed by atoms with E-state index in [1.165, 1.54) is 17.0 Å². The number of hydrogen-bond donors (Lipinski definition) is 1. The molecule has 7 nitrogen and oxygen atoms in total. The quantitative estimate of drug-likeness (QED) is 0.266. The molecule has 3 rings (SSSR count). The first-order valence-corrected chi connectivity index (χ1v) is 15.4. The van der Waals surface area contributed by atoms with Crippen LogP contribution in [0.25, 0.3) is 0 Å². The Labute approximate surface area is 247 Å². The molecule has 0 spiro atoms. The topological polar surface area (TPSA) is 86.8 Å². The summed E-state index contributed by atoms with van der Waals surface area (Å²) >= 11 is 12.8. The summed E-state index contributed by atoms with van der Waals surface area (Å²) in [5, 5.41) is 3.77. The predicted octanol–water partition coefficient (Wildman–Crippen LogP) is 6.22. The van der Waals surface area contributed by atoms with Gasteiger partial charge in [0.25, 0.3) is 10.0 Å². The number of halogens is 2. The molecule has 0 saturated heterocycles. The Bertz CT molecular complexity index is 1430. The van der Waals surface area contributed by atoms with E-state index in [4.69, 9.17) is 23.2 Å². The first kappa shape index (κ1) is 31.5. The molecule has 0 aliphatic carbocycles. The smallest absolute Gasteiger partial charge is 0.264 e. The second-order valence-corrected chi connectivity index (χ2v) is 12.2. The number of carbonyl (C=O) groups excluding carboxylic acids is 2. The third-order valence-electron chi connectivity index (χ3n) is 6.80. The highest BCUT2D eigenvalue weighted by atomic mass is 35.5. The maximum Gasteiger partial charge on any atom is 0.264 e. The highest BCUT2D eigenvalue weighted by molar-refractivity contribution is 7.92. The molecule has 3 aromatic rings. The van der Waals surface area contributed by atoms with Crippen LogP contribution in [-0.4, -0.2) is 43.8 Å². The molecular weight excluding hydrogens is 569 g/mol. The van der Waals surface area contributed by atoms with Gasteiger partial charge in [-0.25, -0.2) is 8.42 Å². The second kappa shape index (κ2) is 14.0. The van der Waals surface area contributed by atoms with Crippen LogP contribution in [0, 0.1) is 6.92 Å². The first-order valence-electron chi connectivity index (χ1n) is 13.2. The zero-order chi connectivity index (χ0) is 29.4. The number of nitrogens with one attached hydrogen (secondary N) is 1. The lowest BCUT2D eigenvalue weighted by molar-refractivity contribution is -0.140. The van der Waals surface area contributed by atoms with Crippen molar-refractivity contribution in [3.63, 3.8) is 0 Å². The molecule has 3 aromatic carbocycles. The molecule has 40 heavy (non-hydrogen) atoms. The lowest BCUT2D eigenvalue weighted by atomic mass is 10.1. The van der Waals surface area contributed by atoms with E-state index in [9.17, 15) is 18.0 Å². The van der Waals surface area contributed by atoms with Crippen molar-refractivity contribution in [2.45, 2.75) is 64.1 Å². The van der Waals surface area contributed by atoms with Crippen molar-refractivity contribution in [2.24, 2.45) is 0 Å². The third kappa shape index (κ3) is 7.36.